The number of nitrogens with zero attached hydrogens (tertiary/aromatic N) is 5. The second-order valence-corrected chi connectivity index (χ2v) is 10.7. The summed E-state index contributed by atoms with van der Waals surface area (Å²) in [5.74, 6) is 0.276. The summed E-state index contributed by atoms with van der Waals surface area (Å²) in [7, 11) is 0. The lowest BCUT2D eigenvalue weighted by Gasteiger charge is -2.39. The number of hydrogen-bond acceptors (Lipinski definition) is 7. The van der Waals surface area contributed by atoms with E-state index in [2.05, 4.69) is 11.0 Å². The molecule has 37 heavy (non-hydrogen) atoms. The molecule has 2 saturated heterocycles. The standard InChI is InChI=1S/C27H30FN5O2S2/c1-4-10-32-24(31-14-12-30(13-15-31)22-9-7-6-8-21(22)28)19(18(3)20(17-29)25(32)34)16-23-26(35)33(11-5-2)27(36)37-23/h6-9,16H,4-5,10-15H2,1-3H3. The Bertz CT molecular complexity index is 1360. The maximum Gasteiger partial charge on any atom is 0.270 e. The van der Waals surface area contributed by atoms with Crippen molar-refractivity contribution < 1.29 is 9.18 Å². The molecule has 0 N–H and O–H groups in total. The number of carbonyl (C=O) groups is 1. The van der Waals surface area contributed by atoms with Gasteiger partial charge in [-0.3, -0.25) is 19.1 Å². The van der Waals surface area contributed by atoms with Gasteiger partial charge in [0, 0.05) is 44.8 Å². The van der Waals surface area contributed by atoms with Crippen molar-refractivity contribution in [2.75, 3.05) is 42.5 Å². The Labute approximate surface area is 226 Å². The molecule has 2 aliphatic heterocycles. The van der Waals surface area contributed by atoms with Crippen molar-refractivity contribution in [2.24, 2.45) is 0 Å². The second kappa shape index (κ2) is 11.5. The summed E-state index contributed by atoms with van der Waals surface area (Å²) in [6.07, 6.45) is 3.28. The Balaban J connectivity index is 1.79. The SMILES string of the molecule is CCCN1C(=O)C(=Cc2c(C)c(C#N)c(=O)n(CCC)c2N2CCN(c3ccccc3F)CC2)SC1=S. The topological polar surface area (TPSA) is 72.6 Å². The fourth-order valence-corrected chi connectivity index (χ4v) is 6.12. The number of anilines is 2. The summed E-state index contributed by atoms with van der Waals surface area (Å²) >= 11 is 6.69. The molecule has 4 rings (SSSR count). The third-order valence-corrected chi connectivity index (χ3v) is 8.04. The van der Waals surface area contributed by atoms with E-state index in [-0.39, 0.29) is 22.8 Å². The predicted octanol–water partition coefficient (Wildman–Crippen LogP) is 4.52. The van der Waals surface area contributed by atoms with Crippen LogP contribution < -0.4 is 15.4 Å². The van der Waals surface area contributed by atoms with Crippen molar-refractivity contribution in [1.82, 2.24) is 9.47 Å². The number of halogens is 1. The smallest absolute Gasteiger partial charge is 0.270 e. The number of para-hydroxylation sites is 1. The van der Waals surface area contributed by atoms with E-state index in [1.54, 1.807) is 34.6 Å². The lowest BCUT2D eigenvalue weighted by Crippen LogP contribution is -2.49. The molecule has 2 aliphatic rings. The van der Waals surface area contributed by atoms with Gasteiger partial charge in [0.25, 0.3) is 11.5 Å². The molecule has 3 heterocycles. The summed E-state index contributed by atoms with van der Waals surface area (Å²) in [6.45, 7) is 8.96. The van der Waals surface area contributed by atoms with E-state index in [0.29, 0.717) is 77.5 Å². The van der Waals surface area contributed by atoms with Crippen molar-refractivity contribution in [3.05, 3.63) is 62.0 Å². The highest BCUT2D eigenvalue weighted by molar-refractivity contribution is 8.26. The predicted molar refractivity (Wildman–Crippen MR) is 151 cm³/mol. The van der Waals surface area contributed by atoms with Crippen LogP contribution in [-0.4, -0.2) is 52.4 Å². The number of benzene rings is 1. The highest BCUT2D eigenvalue weighted by atomic mass is 32.2. The summed E-state index contributed by atoms with van der Waals surface area (Å²) in [5.41, 5.74) is 1.54. The molecule has 0 radical (unpaired) electrons. The minimum Gasteiger partial charge on any atom is -0.366 e. The average molecular weight is 540 g/mol. The summed E-state index contributed by atoms with van der Waals surface area (Å²) < 4.78 is 16.6. The van der Waals surface area contributed by atoms with Gasteiger partial charge in [0.15, 0.2) is 0 Å². The number of thioether (sulfide) groups is 1. The van der Waals surface area contributed by atoms with Crippen LogP contribution in [0.15, 0.2) is 34.0 Å². The van der Waals surface area contributed by atoms with Crippen molar-refractivity contribution >= 4 is 51.8 Å². The zero-order valence-electron chi connectivity index (χ0n) is 21.3. The first-order valence-electron chi connectivity index (χ1n) is 12.5. The lowest BCUT2D eigenvalue weighted by atomic mass is 10.0. The molecule has 2 fully saturated rings. The first-order valence-corrected chi connectivity index (χ1v) is 13.7. The van der Waals surface area contributed by atoms with Gasteiger partial charge in [0.2, 0.25) is 0 Å². The molecule has 1 aromatic heterocycles. The number of amides is 1. The van der Waals surface area contributed by atoms with Gasteiger partial charge < -0.3 is 9.80 Å². The minimum absolute atomic E-state index is 0.0810. The summed E-state index contributed by atoms with van der Waals surface area (Å²) in [4.78, 5) is 32.7. The van der Waals surface area contributed by atoms with Crippen LogP contribution in [0, 0.1) is 24.1 Å². The van der Waals surface area contributed by atoms with Gasteiger partial charge in [-0.15, -0.1) is 0 Å². The molecule has 0 spiro atoms. The maximum absolute atomic E-state index is 14.4. The highest BCUT2D eigenvalue weighted by Gasteiger charge is 2.33. The van der Waals surface area contributed by atoms with E-state index in [1.807, 2.05) is 24.8 Å². The normalized spacial score (nSPS) is 17.2. The first kappa shape index (κ1) is 26.9. The van der Waals surface area contributed by atoms with Crippen LogP contribution in [0.2, 0.25) is 0 Å². The van der Waals surface area contributed by atoms with Gasteiger partial charge in [0.05, 0.1) is 10.6 Å². The largest absolute Gasteiger partial charge is 0.366 e. The number of pyridine rings is 1. The number of rotatable bonds is 7. The Morgan fingerprint density at radius 3 is 2.35 bits per heavy atom. The Morgan fingerprint density at radius 2 is 1.73 bits per heavy atom. The van der Waals surface area contributed by atoms with E-state index >= 15 is 0 Å². The number of aromatic nitrogens is 1. The molecule has 7 nitrogen and oxygen atoms in total. The van der Waals surface area contributed by atoms with Crippen LogP contribution >= 0.6 is 24.0 Å². The van der Waals surface area contributed by atoms with Gasteiger partial charge in [-0.25, -0.2) is 4.39 Å². The average Bonchev–Trinajstić information content (AvgIpc) is 3.15. The highest BCUT2D eigenvalue weighted by Crippen LogP contribution is 2.36. The molecule has 10 heteroatoms. The van der Waals surface area contributed by atoms with Gasteiger partial charge in [0.1, 0.15) is 27.6 Å². The van der Waals surface area contributed by atoms with E-state index < -0.39 is 0 Å². The maximum atomic E-state index is 14.4. The number of carbonyl (C=O) groups excluding carboxylic acids is 1. The molecule has 0 atom stereocenters. The molecule has 1 amide bonds. The molecule has 2 aromatic rings. The van der Waals surface area contributed by atoms with E-state index in [9.17, 15) is 19.2 Å². The van der Waals surface area contributed by atoms with Crippen LogP contribution in [-0.2, 0) is 11.3 Å². The van der Waals surface area contributed by atoms with Crippen molar-refractivity contribution in [1.29, 1.82) is 5.26 Å². The van der Waals surface area contributed by atoms with Crippen LogP contribution in [0.5, 0.6) is 0 Å². The Kier molecular flexibility index (Phi) is 8.35. The lowest BCUT2D eigenvalue weighted by molar-refractivity contribution is -0.122. The zero-order valence-corrected chi connectivity index (χ0v) is 22.9. The molecule has 0 bridgehead atoms. The fourth-order valence-electron chi connectivity index (χ4n) is 4.83. The summed E-state index contributed by atoms with van der Waals surface area (Å²) in [6, 6.07) is 8.80. The van der Waals surface area contributed by atoms with Gasteiger partial charge in [-0.05, 0) is 43.5 Å². The Morgan fingerprint density at radius 1 is 1.08 bits per heavy atom. The van der Waals surface area contributed by atoms with Gasteiger partial charge in [-0.1, -0.05) is 50.0 Å². The first-order chi connectivity index (χ1) is 17.8. The molecule has 0 unspecified atom stereocenters. The monoisotopic (exact) mass is 539 g/mol. The van der Waals surface area contributed by atoms with Gasteiger partial charge in [-0.2, -0.15) is 5.26 Å². The second-order valence-electron chi connectivity index (χ2n) is 9.06. The van der Waals surface area contributed by atoms with Crippen LogP contribution in [0.25, 0.3) is 6.08 Å². The number of thiocarbonyl (C=S) groups is 1. The molecule has 1 aromatic carbocycles. The summed E-state index contributed by atoms with van der Waals surface area (Å²) in [5, 5.41) is 9.83. The number of hydrogen-bond donors (Lipinski definition) is 0. The molecular weight excluding hydrogens is 509 g/mol. The Hall–Kier alpha value is -3.16. The van der Waals surface area contributed by atoms with E-state index in [4.69, 9.17) is 12.2 Å². The quantitative estimate of drug-likeness (QED) is 0.379. The van der Waals surface area contributed by atoms with Crippen LogP contribution in [0.3, 0.4) is 0 Å². The van der Waals surface area contributed by atoms with Crippen LogP contribution in [0.1, 0.15) is 43.4 Å². The van der Waals surface area contributed by atoms with Crippen molar-refractivity contribution in [2.45, 2.75) is 40.2 Å². The molecule has 0 saturated carbocycles. The van der Waals surface area contributed by atoms with Crippen LogP contribution in [0.4, 0.5) is 15.9 Å². The van der Waals surface area contributed by atoms with Crippen molar-refractivity contribution in [3.8, 4) is 6.07 Å². The third-order valence-electron chi connectivity index (χ3n) is 6.66. The van der Waals surface area contributed by atoms with E-state index in [1.165, 1.54) is 17.8 Å². The minimum atomic E-state index is -0.330. The fraction of sp³-hybridized carbons (Fsp3) is 0.407. The third kappa shape index (κ3) is 5.15. The molecular formula is C27H30FN5O2S2. The zero-order chi connectivity index (χ0) is 26.7. The molecule has 0 aliphatic carbocycles. The number of nitriles is 1. The van der Waals surface area contributed by atoms with Gasteiger partial charge >= 0.3 is 0 Å². The van der Waals surface area contributed by atoms with Crippen molar-refractivity contribution in [3.63, 3.8) is 0 Å². The van der Waals surface area contributed by atoms with E-state index in [0.717, 1.165) is 6.42 Å². The molecule has 194 valence electrons. The number of piperazine rings is 1.